The van der Waals surface area contributed by atoms with Gasteiger partial charge in [-0.05, 0) is 61.9 Å². The lowest BCUT2D eigenvalue weighted by molar-refractivity contribution is 0.102. The second kappa shape index (κ2) is 9.99. The molecule has 3 N–H and O–H groups in total. The summed E-state index contributed by atoms with van der Waals surface area (Å²) in [7, 11) is 0. The van der Waals surface area contributed by atoms with Crippen LogP contribution in [0.4, 0.5) is 23.1 Å². The van der Waals surface area contributed by atoms with E-state index in [2.05, 4.69) is 25.9 Å². The van der Waals surface area contributed by atoms with E-state index >= 15 is 0 Å². The van der Waals surface area contributed by atoms with E-state index in [9.17, 15) is 4.79 Å². The zero-order valence-electron chi connectivity index (χ0n) is 19.0. The number of hydrogen-bond acceptors (Lipinski definition) is 6. The second-order valence-corrected chi connectivity index (χ2v) is 7.50. The number of fused-ring (bicyclic) bond motifs is 1. The fourth-order valence-corrected chi connectivity index (χ4v) is 3.61. The van der Waals surface area contributed by atoms with Gasteiger partial charge in [-0.3, -0.25) is 4.79 Å². The number of anilines is 4. The zero-order chi connectivity index (χ0) is 23.2. The highest BCUT2D eigenvalue weighted by atomic mass is 16.5. The number of rotatable bonds is 8. The maximum Gasteiger partial charge on any atom is 0.260 e. The quantitative estimate of drug-likeness (QED) is 0.322. The molecule has 0 radical (unpaired) electrons. The van der Waals surface area contributed by atoms with Crippen molar-refractivity contribution >= 4 is 39.8 Å². The van der Waals surface area contributed by atoms with Crippen molar-refractivity contribution in [2.75, 3.05) is 29.1 Å². The lowest BCUT2D eigenvalue weighted by Crippen LogP contribution is -2.14. The van der Waals surface area contributed by atoms with Gasteiger partial charge in [-0.2, -0.15) is 4.98 Å². The summed E-state index contributed by atoms with van der Waals surface area (Å²) < 4.78 is 5.74. The molecular weight excluding hydrogens is 414 g/mol. The number of aromatic nitrogens is 2. The Kier molecular flexibility index (Phi) is 6.69. The van der Waals surface area contributed by atoms with Crippen LogP contribution in [0.1, 0.15) is 29.9 Å². The fraction of sp³-hybridized carbons (Fsp3) is 0.192. The number of nitrogens with zero attached hydrogens (tertiary/aromatic N) is 2. The lowest BCUT2D eigenvalue weighted by Gasteiger charge is -2.14. The molecule has 3 aromatic carbocycles. The Morgan fingerprint density at radius 2 is 1.70 bits per heavy atom. The SMILES string of the molecule is CCNc1nc(C)cc(Nc2ccc(NC(=O)c3c(OCC)ccc4ccccc34)cc2)n1. The Balaban J connectivity index is 1.53. The van der Waals surface area contributed by atoms with Gasteiger partial charge in [0.25, 0.3) is 5.91 Å². The van der Waals surface area contributed by atoms with E-state index in [0.29, 0.717) is 35.4 Å². The second-order valence-electron chi connectivity index (χ2n) is 7.50. The number of benzene rings is 3. The van der Waals surface area contributed by atoms with Crippen LogP contribution < -0.4 is 20.7 Å². The largest absolute Gasteiger partial charge is 0.493 e. The monoisotopic (exact) mass is 441 g/mol. The topological polar surface area (TPSA) is 88.2 Å². The first-order valence-corrected chi connectivity index (χ1v) is 11.0. The van der Waals surface area contributed by atoms with Crippen LogP contribution in [0.15, 0.2) is 66.7 Å². The van der Waals surface area contributed by atoms with Crippen LogP contribution in [-0.4, -0.2) is 29.0 Å². The van der Waals surface area contributed by atoms with Gasteiger partial charge in [0.15, 0.2) is 0 Å². The van der Waals surface area contributed by atoms with Crippen molar-refractivity contribution in [3.8, 4) is 5.75 Å². The molecule has 4 rings (SSSR count). The van der Waals surface area contributed by atoms with Gasteiger partial charge in [-0.15, -0.1) is 0 Å². The summed E-state index contributed by atoms with van der Waals surface area (Å²) in [4.78, 5) is 22.0. The summed E-state index contributed by atoms with van der Waals surface area (Å²) in [6.45, 7) is 7.07. The smallest absolute Gasteiger partial charge is 0.260 e. The molecule has 0 bridgehead atoms. The molecule has 0 aliphatic heterocycles. The molecule has 0 aliphatic rings. The summed E-state index contributed by atoms with van der Waals surface area (Å²) in [6.07, 6.45) is 0. The lowest BCUT2D eigenvalue weighted by atomic mass is 10.0. The van der Waals surface area contributed by atoms with Gasteiger partial charge in [0.1, 0.15) is 11.6 Å². The number of amides is 1. The normalized spacial score (nSPS) is 10.6. The number of nitrogens with one attached hydrogen (secondary N) is 3. The van der Waals surface area contributed by atoms with Crippen molar-refractivity contribution in [3.05, 3.63) is 78.0 Å². The Morgan fingerprint density at radius 3 is 2.45 bits per heavy atom. The third-order valence-electron chi connectivity index (χ3n) is 5.02. The van der Waals surface area contributed by atoms with Crippen LogP contribution in [0.3, 0.4) is 0 Å². The molecule has 0 aliphatic carbocycles. The predicted octanol–water partition coefficient (Wildman–Crippen LogP) is 5.76. The number of carbonyl (C=O) groups excluding carboxylic acids is 1. The van der Waals surface area contributed by atoms with Crippen molar-refractivity contribution in [3.63, 3.8) is 0 Å². The Bertz CT molecular complexity index is 1270. The molecule has 0 atom stereocenters. The molecule has 7 heteroatoms. The summed E-state index contributed by atoms with van der Waals surface area (Å²) in [6, 6.07) is 21.0. The molecule has 1 aromatic heterocycles. The molecule has 33 heavy (non-hydrogen) atoms. The van der Waals surface area contributed by atoms with Gasteiger partial charge in [-0.1, -0.05) is 30.3 Å². The molecule has 0 fully saturated rings. The minimum atomic E-state index is -0.210. The average molecular weight is 442 g/mol. The van der Waals surface area contributed by atoms with Crippen molar-refractivity contribution in [2.45, 2.75) is 20.8 Å². The van der Waals surface area contributed by atoms with Gasteiger partial charge < -0.3 is 20.7 Å². The minimum Gasteiger partial charge on any atom is -0.493 e. The van der Waals surface area contributed by atoms with E-state index in [1.807, 2.05) is 87.5 Å². The molecular formula is C26H27N5O2. The van der Waals surface area contributed by atoms with E-state index in [4.69, 9.17) is 4.74 Å². The van der Waals surface area contributed by atoms with Crippen molar-refractivity contribution in [2.24, 2.45) is 0 Å². The Hall–Kier alpha value is -4.13. The summed E-state index contributed by atoms with van der Waals surface area (Å²) in [5, 5.41) is 11.2. The molecule has 1 heterocycles. The minimum absolute atomic E-state index is 0.210. The third kappa shape index (κ3) is 5.20. The van der Waals surface area contributed by atoms with Crippen LogP contribution in [0.5, 0.6) is 5.75 Å². The fourth-order valence-electron chi connectivity index (χ4n) is 3.61. The summed E-state index contributed by atoms with van der Waals surface area (Å²) in [5.41, 5.74) is 2.94. The van der Waals surface area contributed by atoms with Crippen molar-refractivity contribution in [1.82, 2.24) is 9.97 Å². The first-order chi connectivity index (χ1) is 16.1. The highest BCUT2D eigenvalue weighted by Gasteiger charge is 2.17. The number of aryl methyl sites for hydroxylation is 1. The summed E-state index contributed by atoms with van der Waals surface area (Å²) >= 11 is 0. The zero-order valence-corrected chi connectivity index (χ0v) is 19.0. The third-order valence-corrected chi connectivity index (χ3v) is 5.02. The van der Waals surface area contributed by atoms with E-state index in [0.717, 1.165) is 28.7 Å². The molecule has 0 saturated heterocycles. The maximum atomic E-state index is 13.2. The van der Waals surface area contributed by atoms with Gasteiger partial charge in [-0.25, -0.2) is 4.98 Å². The van der Waals surface area contributed by atoms with Crippen LogP contribution in [0, 0.1) is 6.92 Å². The first-order valence-electron chi connectivity index (χ1n) is 11.0. The van der Waals surface area contributed by atoms with Gasteiger partial charge in [0.2, 0.25) is 5.95 Å². The molecule has 7 nitrogen and oxygen atoms in total. The maximum absolute atomic E-state index is 13.2. The molecule has 1 amide bonds. The van der Waals surface area contributed by atoms with Crippen LogP contribution in [0.25, 0.3) is 10.8 Å². The molecule has 168 valence electrons. The van der Waals surface area contributed by atoms with Gasteiger partial charge in [0.05, 0.1) is 12.2 Å². The molecule has 0 unspecified atom stereocenters. The van der Waals surface area contributed by atoms with Crippen molar-refractivity contribution < 1.29 is 9.53 Å². The predicted molar refractivity (Wildman–Crippen MR) is 134 cm³/mol. The Labute approximate surface area is 193 Å². The van der Waals surface area contributed by atoms with E-state index in [1.165, 1.54) is 0 Å². The molecule has 4 aromatic rings. The van der Waals surface area contributed by atoms with Gasteiger partial charge >= 0.3 is 0 Å². The standard InChI is InChI=1S/C26H27N5O2/c1-4-27-26-28-17(3)16-23(31-26)29-19-11-13-20(14-12-19)30-25(32)24-21-9-7-6-8-18(21)10-15-22(24)33-5-2/h6-16H,4-5H2,1-3H3,(H,30,32)(H2,27,28,29,31). The highest BCUT2D eigenvalue weighted by molar-refractivity contribution is 6.15. The van der Waals surface area contributed by atoms with E-state index in [1.54, 1.807) is 0 Å². The number of hydrogen-bond donors (Lipinski definition) is 3. The highest BCUT2D eigenvalue weighted by Crippen LogP contribution is 2.29. The average Bonchev–Trinajstić information content (AvgIpc) is 2.80. The van der Waals surface area contributed by atoms with Crippen LogP contribution >= 0.6 is 0 Å². The van der Waals surface area contributed by atoms with Crippen LogP contribution in [0.2, 0.25) is 0 Å². The van der Waals surface area contributed by atoms with E-state index in [-0.39, 0.29) is 5.91 Å². The van der Waals surface area contributed by atoms with E-state index < -0.39 is 0 Å². The van der Waals surface area contributed by atoms with Gasteiger partial charge in [0, 0.05) is 29.7 Å². The summed E-state index contributed by atoms with van der Waals surface area (Å²) in [5.74, 6) is 1.65. The molecule has 0 spiro atoms. The Morgan fingerprint density at radius 1 is 0.939 bits per heavy atom. The number of carbonyl (C=O) groups is 1. The number of ether oxygens (including phenoxy) is 1. The van der Waals surface area contributed by atoms with Crippen LogP contribution in [-0.2, 0) is 0 Å². The molecule has 0 saturated carbocycles. The first kappa shape index (κ1) is 22.1. The van der Waals surface area contributed by atoms with Crippen molar-refractivity contribution in [1.29, 1.82) is 0 Å².